The number of hydrogen-bond acceptors (Lipinski definition) is 5. The van der Waals surface area contributed by atoms with Gasteiger partial charge in [-0.2, -0.15) is 13.2 Å². The highest BCUT2D eigenvalue weighted by atomic mass is 35.5. The number of nitrogens with two attached hydrogens (primary N) is 1. The SMILES string of the molecule is Nc1ccc(C(=O)N[C@@H]2CCC[C@H](Nc3cc(C(F)(F)F)nc4ccc(Cl)cc34)C2)cn1. The Morgan fingerprint density at radius 2 is 1.91 bits per heavy atom. The zero-order valence-electron chi connectivity index (χ0n) is 16.9. The number of halogens is 4. The van der Waals surface area contributed by atoms with Crippen LogP contribution >= 0.6 is 11.6 Å². The summed E-state index contributed by atoms with van der Waals surface area (Å²) in [6.07, 6.45) is -0.224. The minimum Gasteiger partial charge on any atom is -0.384 e. The molecule has 2 heterocycles. The minimum atomic E-state index is -4.57. The lowest BCUT2D eigenvalue weighted by atomic mass is 9.90. The van der Waals surface area contributed by atoms with E-state index in [1.807, 2.05) is 0 Å². The van der Waals surface area contributed by atoms with Gasteiger partial charge in [-0.25, -0.2) is 9.97 Å². The number of nitrogens with one attached hydrogen (secondary N) is 2. The molecule has 1 aliphatic carbocycles. The second-order valence-electron chi connectivity index (χ2n) is 7.86. The van der Waals surface area contributed by atoms with Crippen molar-refractivity contribution in [3.8, 4) is 0 Å². The molecule has 2 atom stereocenters. The molecule has 0 bridgehead atoms. The fraction of sp³-hybridized carbons (Fsp3) is 0.318. The van der Waals surface area contributed by atoms with Crippen molar-refractivity contribution in [2.75, 3.05) is 11.1 Å². The third kappa shape index (κ3) is 5.04. The fourth-order valence-corrected chi connectivity index (χ4v) is 4.11. The molecule has 3 aromatic rings. The Labute approximate surface area is 187 Å². The summed E-state index contributed by atoms with van der Waals surface area (Å²) in [7, 11) is 0. The lowest BCUT2D eigenvalue weighted by molar-refractivity contribution is -0.140. The van der Waals surface area contributed by atoms with Crippen LogP contribution in [0.1, 0.15) is 41.7 Å². The third-order valence-corrected chi connectivity index (χ3v) is 5.71. The first-order chi connectivity index (χ1) is 15.2. The van der Waals surface area contributed by atoms with Crippen molar-refractivity contribution in [2.24, 2.45) is 0 Å². The van der Waals surface area contributed by atoms with Crippen molar-refractivity contribution in [1.82, 2.24) is 15.3 Å². The summed E-state index contributed by atoms with van der Waals surface area (Å²) in [6, 6.07) is 8.51. The van der Waals surface area contributed by atoms with Crippen LogP contribution in [0.25, 0.3) is 10.9 Å². The number of anilines is 2. The molecule has 1 amide bonds. The predicted octanol–water partition coefficient (Wildman–Crippen LogP) is 5.04. The maximum Gasteiger partial charge on any atom is 0.433 e. The number of hydrogen-bond donors (Lipinski definition) is 3. The number of pyridine rings is 2. The molecule has 0 saturated heterocycles. The number of benzene rings is 1. The Hall–Kier alpha value is -3.07. The number of carbonyl (C=O) groups is 1. The van der Waals surface area contributed by atoms with Gasteiger partial charge in [0.1, 0.15) is 11.5 Å². The lowest BCUT2D eigenvalue weighted by Crippen LogP contribution is -2.41. The summed E-state index contributed by atoms with van der Waals surface area (Å²) >= 11 is 6.07. The quantitative estimate of drug-likeness (QED) is 0.504. The second-order valence-corrected chi connectivity index (χ2v) is 8.30. The molecule has 0 aliphatic heterocycles. The second kappa shape index (κ2) is 8.82. The van der Waals surface area contributed by atoms with Crippen LogP contribution in [-0.4, -0.2) is 28.0 Å². The van der Waals surface area contributed by atoms with Gasteiger partial charge in [0.25, 0.3) is 5.91 Å². The van der Waals surface area contributed by atoms with Crippen LogP contribution < -0.4 is 16.4 Å². The van der Waals surface area contributed by atoms with Crippen molar-refractivity contribution in [2.45, 2.75) is 43.9 Å². The van der Waals surface area contributed by atoms with E-state index in [4.69, 9.17) is 17.3 Å². The molecule has 10 heteroatoms. The van der Waals surface area contributed by atoms with E-state index in [1.165, 1.54) is 18.3 Å². The minimum absolute atomic E-state index is 0.120. The molecule has 1 aliphatic rings. The molecule has 6 nitrogen and oxygen atoms in total. The van der Waals surface area contributed by atoms with E-state index < -0.39 is 11.9 Å². The van der Waals surface area contributed by atoms with Crippen LogP contribution in [0.2, 0.25) is 5.02 Å². The Morgan fingerprint density at radius 1 is 1.12 bits per heavy atom. The van der Waals surface area contributed by atoms with Gasteiger partial charge >= 0.3 is 6.18 Å². The molecule has 0 radical (unpaired) electrons. The smallest absolute Gasteiger partial charge is 0.384 e. The fourth-order valence-electron chi connectivity index (χ4n) is 3.94. The summed E-state index contributed by atoms with van der Waals surface area (Å²) in [4.78, 5) is 20.2. The monoisotopic (exact) mass is 463 g/mol. The van der Waals surface area contributed by atoms with Crippen LogP contribution in [0.5, 0.6) is 0 Å². The third-order valence-electron chi connectivity index (χ3n) is 5.48. The number of alkyl halides is 3. The molecular formula is C22H21ClF3N5O. The van der Waals surface area contributed by atoms with Crippen molar-refractivity contribution in [3.63, 3.8) is 0 Å². The van der Waals surface area contributed by atoms with Gasteiger partial charge in [0.15, 0.2) is 0 Å². The van der Waals surface area contributed by atoms with E-state index in [2.05, 4.69) is 20.6 Å². The maximum atomic E-state index is 13.4. The Balaban J connectivity index is 1.52. The number of rotatable bonds is 4. The summed E-state index contributed by atoms with van der Waals surface area (Å²) in [6.45, 7) is 0. The number of nitrogen functional groups attached to an aromatic ring is 1. The first kappa shape index (κ1) is 22.1. The van der Waals surface area contributed by atoms with E-state index in [0.717, 1.165) is 25.3 Å². The van der Waals surface area contributed by atoms with Gasteiger partial charge in [0.05, 0.1) is 11.1 Å². The van der Waals surface area contributed by atoms with Crippen molar-refractivity contribution in [3.05, 3.63) is 58.9 Å². The van der Waals surface area contributed by atoms with E-state index >= 15 is 0 Å². The first-order valence-corrected chi connectivity index (χ1v) is 10.5. The van der Waals surface area contributed by atoms with E-state index in [-0.39, 0.29) is 23.5 Å². The first-order valence-electron chi connectivity index (χ1n) is 10.2. The lowest BCUT2D eigenvalue weighted by Gasteiger charge is -2.31. The van der Waals surface area contributed by atoms with Crippen LogP contribution in [0.3, 0.4) is 0 Å². The highest BCUT2D eigenvalue weighted by molar-refractivity contribution is 6.31. The van der Waals surface area contributed by atoms with Gasteiger partial charge in [-0.05, 0) is 62.1 Å². The largest absolute Gasteiger partial charge is 0.433 e. The maximum absolute atomic E-state index is 13.4. The highest BCUT2D eigenvalue weighted by Gasteiger charge is 2.34. The van der Waals surface area contributed by atoms with Gasteiger partial charge in [-0.3, -0.25) is 4.79 Å². The summed E-state index contributed by atoms with van der Waals surface area (Å²) in [5.74, 6) is 0.0648. The zero-order valence-corrected chi connectivity index (χ0v) is 17.7. The molecule has 32 heavy (non-hydrogen) atoms. The molecule has 4 rings (SSSR count). The van der Waals surface area contributed by atoms with Crippen molar-refractivity contribution >= 4 is 39.9 Å². The van der Waals surface area contributed by atoms with Gasteiger partial charge in [-0.1, -0.05) is 11.6 Å². The zero-order chi connectivity index (χ0) is 22.9. The number of nitrogens with zero attached hydrogens (tertiary/aromatic N) is 2. The van der Waals surface area contributed by atoms with Gasteiger partial charge < -0.3 is 16.4 Å². The standard InChI is InChI=1S/C22H21ClF3N5O/c23-13-5-6-17-16(8-13)18(10-19(31-17)22(24,25)26)29-14-2-1-3-15(9-14)30-21(32)12-4-7-20(27)28-11-12/h4-8,10-11,14-15H,1-3,9H2,(H2,27,28)(H,29,31)(H,30,32)/t14-,15+/m0/s1. The Bertz CT molecular complexity index is 1140. The molecule has 4 N–H and O–H groups in total. The number of carbonyl (C=O) groups excluding carboxylic acids is 1. The van der Waals surface area contributed by atoms with E-state index in [9.17, 15) is 18.0 Å². The van der Waals surface area contributed by atoms with Gasteiger partial charge in [-0.15, -0.1) is 0 Å². The number of fused-ring (bicyclic) bond motifs is 1. The molecule has 0 spiro atoms. The molecule has 0 unspecified atom stereocenters. The average Bonchev–Trinajstić information content (AvgIpc) is 2.74. The Kier molecular flexibility index (Phi) is 6.10. The van der Waals surface area contributed by atoms with Crippen LogP contribution in [0.15, 0.2) is 42.6 Å². The van der Waals surface area contributed by atoms with Crippen LogP contribution in [-0.2, 0) is 6.18 Å². The van der Waals surface area contributed by atoms with Crippen LogP contribution in [0, 0.1) is 0 Å². The molecule has 168 valence electrons. The Morgan fingerprint density at radius 3 is 2.62 bits per heavy atom. The topological polar surface area (TPSA) is 92.9 Å². The molecule has 1 aromatic carbocycles. The van der Waals surface area contributed by atoms with E-state index in [1.54, 1.807) is 18.2 Å². The van der Waals surface area contributed by atoms with Crippen molar-refractivity contribution in [1.29, 1.82) is 0 Å². The number of aromatic nitrogens is 2. The van der Waals surface area contributed by atoms with Gasteiger partial charge in [0.2, 0.25) is 0 Å². The predicted molar refractivity (Wildman–Crippen MR) is 118 cm³/mol. The normalized spacial score (nSPS) is 19.0. The molecule has 2 aromatic heterocycles. The summed E-state index contributed by atoms with van der Waals surface area (Å²) in [5.41, 5.74) is 5.52. The van der Waals surface area contributed by atoms with Gasteiger partial charge in [0, 0.05) is 34.4 Å². The van der Waals surface area contributed by atoms with E-state index in [0.29, 0.717) is 33.9 Å². The summed E-state index contributed by atoms with van der Waals surface area (Å²) < 4.78 is 40.1. The molecule has 1 saturated carbocycles. The number of amides is 1. The highest BCUT2D eigenvalue weighted by Crippen LogP contribution is 2.35. The molecule has 1 fully saturated rings. The summed E-state index contributed by atoms with van der Waals surface area (Å²) in [5, 5.41) is 7.14. The average molecular weight is 464 g/mol. The molecular weight excluding hydrogens is 443 g/mol. The van der Waals surface area contributed by atoms with Crippen LogP contribution in [0.4, 0.5) is 24.7 Å². The van der Waals surface area contributed by atoms with Crippen molar-refractivity contribution < 1.29 is 18.0 Å².